The van der Waals surface area contributed by atoms with Crippen LogP contribution in [0.4, 0.5) is 5.82 Å². The second-order valence-electron chi connectivity index (χ2n) is 7.65. The van der Waals surface area contributed by atoms with Crippen molar-refractivity contribution in [2.75, 3.05) is 12.4 Å². The normalized spacial score (nSPS) is 11.6. The van der Waals surface area contributed by atoms with Crippen LogP contribution in [0.2, 0.25) is 0 Å². The molecule has 4 rings (SSSR count). The Kier molecular flexibility index (Phi) is 6.15. The number of carbonyl (C=O) groups is 1. The Balaban J connectivity index is 1.76. The van der Waals surface area contributed by atoms with Crippen molar-refractivity contribution in [3.8, 4) is 16.9 Å². The number of ether oxygens (including phenoxy) is 1. The number of halogens is 1. The summed E-state index contributed by atoms with van der Waals surface area (Å²) in [6, 6.07) is 13.8. The molecule has 0 saturated heterocycles. The van der Waals surface area contributed by atoms with Crippen LogP contribution in [0.15, 0.2) is 69.9 Å². The third-order valence-corrected chi connectivity index (χ3v) is 5.87. The molecule has 0 aliphatic rings. The lowest BCUT2D eigenvalue weighted by atomic mass is 9.96. The lowest BCUT2D eigenvalue weighted by Gasteiger charge is -2.13. The third kappa shape index (κ3) is 4.32. The lowest BCUT2D eigenvalue weighted by Crippen LogP contribution is -2.10. The Hall–Kier alpha value is -3.38. The van der Waals surface area contributed by atoms with E-state index in [0.29, 0.717) is 11.6 Å². The topological polar surface area (TPSA) is 64.4 Å². The average molecular weight is 491 g/mol. The average Bonchev–Trinajstić information content (AvgIpc) is 3.18. The van der Waals surface area contributed by atoms with Gasteiger partial charge in [-0.05, 0) is 67.8 Å². The number of fused-ring (bicyclic) bond motifs is 1. The summed E-state index contributed by atoms with van der Waals surface area (Å²) in [5.74, 6) is 0.954. The maximum Gasteiger partial charge on any atom is 0.249 e. The monoisotopic (exact) mass is 490 g/mol. The second kappa shape index (κ2) is 9.01. The maximum absolute atomic E-state index is 12.6. The van der Waals surface area contributed by atoms with Crippen molar-refractivity contribution in [2.45, 2.75) is 20.8 Å². The van der Waals surface area contributed by atoms with Crippen LogP contribution >= 0.6 is 15.9 Å². The van der Waals surface area contributed by atoms with E-state index >= 15 is 0 Å². The van der Waals surface area contributed by atoms with Gasteiger partial charge < -0.3 is 14.5 Å². The molecule has 0 saturated carbocycles. The lowest BCUT2D eigenvalue weighted by molar-refractivity contribution is -0.111. The van der Waals surface area contributed by atoms with Crippen molar-refractivity contribution >= 4 is 44.2 Å². The number of carbonyl (C=O) groups excluding carboxylic acids is 1. The minimum Gasteiger partial charge on any atom is -0.496 e. The van der Waals surface area contributed by atoms with Crippen molar-refractivity contribution in [3.05, 3.63) is 82.2 Å². The summed E-state index contributed by atoms with van der Waals surface area (Å²) >= 11 is 3.48. The summed E-state index contributed by atoms with van der Waals surface area (Å²) in [6.45, 7) is 5.81. The largest absolute Gasteiger partial charge is 0.496 e. The van der Waals surface area contributed by atoms with Crippen molar-refractivity contribution < 1.29 is 13.9 Å². The summed E-state index contributed by atoms with van der Waals surface area (Å²) in [5, 5.41) is 3.79. The van der Waals surface area contributed by atoms with Gasteiger partial charge in [0.15, 0.2) is 0 Å². The van der Waals surface area contributed by atoms with Crippen LogP contribution < -0.4 is 10.1 Å². The number of nitrogens with zero attached hydrogens (tertiary/aromatic N) is 1. The molecule has 162 valence electrons. The maximum atomic E-state index is 12.6. The van der Waals surface area contributed by atoms with Crippen molar-refractivity contribution in [1.29, 1.82) is 0 Å². The van der Waals surface area contributed by atoms with Gasteiger partial charge in [-0.3, -0.25) is 4.79 Å². The summed E-state index contributed by atoms with van der Waals surface area (Å²) in [5.41, 5.74) is 6.33. The number of rotatable bonds is 5. The minimum atomic E-state index is -0.249. The molecule has 0 bridgehead atoms. The van der Waals surface area contributed by atoms with Gasteiger partial charge >= 0.3 is 0 Å². The SMILES string of the molecule is COc1c(/C(C)=C/C(=O)Nc2cc(C)ccn2)cc2c(-c3ccc(Br)cc3)coc2c1C. The zero-order valence-corrected chi connectivity index (χ0v) is 19.9. The number of pyridine rings is 1. The van der Waals surface area contributed by atoms with Gasteiger partial charge in [-0.1, -0.05) is 28.1 Å². The van der Waals surface area contributed by atoms with Crippen LogP contribution in [0, 0.1) is 13.8 Å². The molecule has 0 aliphatic carbocycles. The number of anilines is 1. The van der Waals surface area contributed by atoms with Crippen LogP contribution in [0.3, 0.4) is 0 Å². The number of allylic oxidation sites excluding steroid dienone is 1. The highest BCUT2D eigenvalue weighted by atomic mass is 79.9. The highest BCUT2D eigenvalue weighted by Crippen LogP contribution is 2.40. The number of methoxy groups -OCH3 is 1. The Morgan fingerprint density at radius 1 is 1.16 bits per heavy atom. The molecule has 0 spiro atoms. The molecular formula is C26H23BrN2O3. The smallest absolute Gasteiger partial charge is 0.249 e. The fraction of sp³-hybridized carbons (Fsp3) is 0.154. The van der Waals surface area contributed by atoms with Gasteiger partial charge in [0.2, 0.25) is 5.91 Å². The molecule has 2 heterocycles. The van der Waals surface area contributed by atoms with E-state index in [-0.39, 0.29) is 5.91 Å². The van der Waals surface area contributed by atoms with Gasteiger partial charge in [0.05, 0.1) is 13.4 Å². The Labute approximate surface area is 195 Å². The van der Waals surface area contributed by atoms with E-state index in [2.05, 4.69) is 26.2 Å². The van der Waals surface area contributed by atoms with Crippen LogP contribution in [0.1, 0.15) is 23.6 Å². The molecule has 0 atom stereocenters. The van der Waals surface area contributed by atoms with E-state index in [0.717, 1.165) is 48.8 Å². The Bertz CT molecular complexity index is 1340. The van der Waals surface area contributed by atoms with Crippen LogP contribution in [-0.2, 0) is 4.79 Å². The molecule has 5 nitrogen and oxygen atoms in total. The third-order valence-electron chi connectivity index (χ3n) is 5.34. The Morgan fingerprint density at radius 2 is 1.91 bits per heavy atom. The highest BCUT2D eigenvalue weighted by molar-refractivity contribution is 9.10. The number of hydrogen-bond donors (Lipinski definition) is 1. The molecule has 0 fully saturated rings. The van der Waals surface area contributed by atoms with Gasteiger partial charge in [-0.15, -0.1) is 0 Å². The summed E-state index contributed by atoms with van der Waals surface area (Å²) in [6.07, 6.45) is 5.00. The molecule has 0 unspecified atom stereocenters. The van der Waals surface area contributed by atoms with Gasteiger partial charge in [0.1, 0.15) is 17.2 Å². The summed E-state index contributed by atoms with van der Waals surface area (Å²) in [7, 11) is 1.63. The molecular weight excluding hydrogens is 468 g/mol. The first-order chi connectivity index (χ1) is 15.4. The van der Waals surface area contributed by atoms with Crippen molar-refractivity contribution in [3.63, 3.8) is 0 Å². The molecule has 4 aromatic rings. The van der Waals surface area contributed by atoms with Gasteiger partial charge in [0.25, 0.3) is 0 Å². The number of amides is 1. The molecule has 0 radical (unpaired) electrons. The van der Waals surface area contributed by atoms with E-state index in [9.17, 15) is 4.79 Å². The molecule has 1 N–H and O–H groups in total. The fourth-order valence-electron chi connectivity index (χ4n) is 3.77. The molecule has 6 heteroatoms. The first-order valence-electron chi connectivity index (χ1n) is 10.1. The zero-order chi connectivity index (χ0) is 22.8. The van der Waals surface area contributed by atoms with Crippen LogP contribution in [-0.4, -0.2) is 18.0 Å². The molecule has 32 heavy (non-hydrogen) atoms. The predicted octanol–water partition coefficient (Wildman–Crippen LogP) is 6.92. The van der Waals surface area contributed by atoms with E-state index < -0.39 is 0 Å². The van der Waals surface area contributed by atoms with Crippen LogP contribution in [0.25, 0.3) is 27.7 Å². The van der Waals surface area contributed by atoms with Gasteiger partial charge in [0, 0.05) is 38.8 Å². The molecule has 2 aromatic heterocycles. The summed E-state index contributed by atoms with van der Waals surface area (Å²) < 4.78 is 12.6. The molecule has 0 aliphatic heterocycles. The first kappa shape index (κ1) is 21.8. The second-order valence-corrected chi connectivity index (χ2v) is 8.57. The molecule has 2 aromatic carbocycles. The van der Waals surface area contributed by atoms with Gasteiger partial charge in [-0.25, -0.2) is 4.98 Å². The number of nitrogens with one attached hydrogen (secondary N) is 1. The number of benzene rings is 2. The quantitative estimate of drug-likeness (QED) is 0.308. The zero-order valence-electron chi connectivity index (χ0n) is 18.3. The molecule has 1 amide bonds. The fourth-order valence-corrected chi connectivity index (χ4v) is 4.03. The van der Waals surface area contributed by atoms with Gasteiger partial charge in [-0.2, -0.15) is 0 Å². The van der Waals surface area contributed by atoms with Crippen LogP contribution in [0.5, 0.6) is 5.75 Å². The Morgan fingerprint density at radius 3 is 2.59 bits per heavy atom. The van der Waals surface area contributed by atoms with E-state index in [1.54, 1.807) is 25.6 Å². The predicted molar refractivity (Wildman–Crippen MR) is 132 cm³/mol. The standard InChI is InChI=1S/C26H23BrN2O3/c1-15-9-10-28-23(11-15)29-24(30)12-16(2)20-13-21-22(18-5-7-19(27)8-6-18)14-32-26(21)17(3)25(20)31-4/h5-14H,1-4H3,(H,28,29,30)/b16-12+. The number of aryl methyl sites for hydroxylation is 2. The van der Waals surface area contributed by atoms with E-state index in [1.165, 1.54) is 0 Å². The number of hydrogen-bond acceptors (Lipinski definition) is 4. The number of furan rings is 1. The first-order valence-corrected chi connectivity index (χ1v) is 10.9. The van der Waals surface area contributed by atoms with Crippen molar-refractivity contribution in [1.82, 2.24) is 4.98 Å². The number of aromatic nitrogens is 1. The summed E-state index contributed by atoms with van der Waals surface area (Å²) in [4.78, 5) is 16.8. The highest BCUT2D eigenvalue weighted by Gasteiger charge is 2.19. The van der Waals surface area contributed by atoms with E-state index in [1.807, 2.05) is 63.2 Å². The van der Waals surface area contributed by atoms with E-state index in [4.69, 9.17) is 9.15 Å². The van der Waals surface area contributed by atoms with Crippen molar-refractivity contribution in [2.24, 2.45) is 0 Å². The minimum absolute atomic E-state index is 0.249.